The van der Waals surface area contributed by atoms with E-state index in [9.17, 15) is 0 Å². The zero-order chi connectivity index (χ0) is 10.8. The Morgan fingerprint density at radius 2 is 2.13 bits per heavy atom. The SMILES string of the molecule is Cc1nc(C)n(Cc2cccc(Br)c2)n1. The van der Waals surface area contributed by atoms with Crippen molar-refractivity contribution in [2.75, 3.05) is 0 Å². The quantitative estimate of drug-likeness (QED) is 0.836. The lowest BCUT2D eigenvalue weighted by Gasteiger charge is -2.03. The van der Waals surface area contributed by atoms with E-state index in [1.165, 1.54) is 5.56 Å². The smallest absolute Gasteiger partial charge is 0.147 e. The van der Waals surface area contributed by atoms with Crippen molar-refractivity contribution in [3.05, 3.63) is 46.0 Å². The molecule has 2 rings (SSSR count). The fourth-order valence-corrected chi connectivity index (χ4v) is 1.97. The largest absolute Gasteiger partial charge is 0.246 e. The van der Waals surface area contributed by atoms with Crippen molar-refractivity contribution in [2.24, 2.45) is 0 Å². The number of aryl methyl sites for hydroxylation is 2. The molecule has 15 heavy (non-hydrogen) atoms. The van der Waals surface area contributed by atoms with Gasteiger partial charge in [-0.3, -0.25) is 0 Å². The summed E-state index contributed by atoms with van der Waals surface area (Å²) >= 11 is 3.45. The van der Waals surface area contributed by atoms with Crippen LogP contribution in [0.25, 0.3) is 0 Å². The molecule has 0 atom stereocenters. The summed E-state index contributed by atoms with van der Waals surface area (Å²) in [6.07, 6.45) is 0. The molecule has 4 heteroatoms. The average molecular weight is 266 g/mol. The molecule has 0 bridgehead atoms. The minimum Gasteiger partial charge on any atom is -0.246 e. The lowest BCUT2D eigenvalue weighted by molar-refractivity contribution is 0.656. The normalized spacial score (nSPS) is 10.6. The van der Waals surface area contributed by atoms with Gasteiger partial charge in [-0.05, 0) is 31.5 Å². The van der Waals surface area contributed by atoms with E-state index >= 15 is 0 Å². The summed E-state index contributed by atoms with van der Waals surface area (Å²) < 4.78 is 3.01. The molecule has 0 aliphatic rings. The van der Waals surface area contributed by atoms with Gasteiger partial charge in [-0.15, -0.1) is 0 Å². The number of nitrogens with zero attached hydrogens (tertiary/aromatic N) is 3. The van der Waals surface area contributed by atoms with Gasteiger partial charge in [0.15, 0.2) is 0 Å². The van der Waals surface area contributed by atoms with Gasteiger partial charge in [-0.2, -0.15) is 5.10 Å². The van der Waals surface area contributed by atoms with Gasteiger partial charge in [0.05, 0.1) is 6.54 Å². The summed E-state index contributed by atoms with van der Waals surface area (Å²) in [7, 11) is 0. The first-order valence-corrected chi connectivity index (χ1v) is 5.57. The molecule has 0 saturated carbocycles. The maximum Gasteiger partial charge on any atom is 0.147 e. The van der Waals surface area contributed by atoms with Gasteiger partial charge in [0.2, 0.25) is 0 Å². The predicted molar refractivity (Wildman–Crippen MR) is 62.7 cm³/mol. The van der Waals surface area contributed by atoms with Crippen molar-refractivity contribution in [1.29, 1.82) is 0 Å². The van der Waals surface area contributed by atoms with Crippen LogP contribution in [0.3, 0.4) is 0 Å². The van der Waals surface area contributed by atoms with E-state index in [2.05, 4.69) is 38.1 Å². The molecule has 0 N–H and O–H groups in total. The van der Waals surface area contributed by atoms with E-state index in [-0.39, 0.29) is 0 Å². The Kier molecular flexibility index (Phi) is 2.86. The van der Waals surface area contributed by atoms with Crippen LogP contribution in [-0.4, -0.2) is 14.8 Å². The van der Waals surface area contributed by atoms with Crippen LogP contribution in [0.5, 0.6) is 0 Å². The molecule has 1 aromatic carbocycles. The Morgan fingerprint density at radius 1 is 1.33 bits per heavy atom. The van der Waals surface area contributed by atoms with E-state index in [0.717, 1.165) is 22.7 Å². The van der Waals surface area contributed by atoms with E-state index in [4.69, 9.17) is 0 Å². The Balaban J connectivity index is 2.25. The Bertz CT molecular complexity index is 476. The van der Waals surface area contributed by atoms with Crippen molar-refractivity contribution >= 4 is 15.9 Å². The summed E-state index contributed by atoms with van der Waals surface area (Å²) in [5, 5.41) is 4.33. The Labute approximate surface area is 97.3 Å². The zero-order valence-corrected chi connectivity index (χ0v) is 10.3. The van der Waals surface area contributed by atoms with Gasteiger partial charge in [-0.1, -0.05) is 28.1 Å². The topological polar surface area (TPSA) is 30.7 Å². The van der Waals surface area contributed by atoms with E-state index in [0.29, 0.717) is 0 Å². The number of hydrogen-bond donors (Lipinski definition) is 0. The summed E-state index contributed by atoms with van der Waals surface area (Å²) in [4.78, 5) is 4.27. The summed E-state index contributed by atoms with van der Waals surface area (Å²) in [5.74, 6) is 1.77. The van der Waals surface area contributed by atoms with Gasteiger partial charge < -0.3 is 0 Å². The molecule has 1 aromatic heterocycles. The van der Waals surface area contributed by atoms with Crippen LogP contribution in [0.1, 0.15) is 17.2 Å². The maximum atomic E-state index is 4.33. The second-order valence-corrected chi connectivity index (χ2v) is 4.41. The third-order valence-electron chi connectivity index (χ3n) is 2.18. The number of halogens is 1. The highest BCUT2D eigenvalue weighted by Gasteiger charge is 2.03. The third-order valence-corrected chi connectivity index (χ3v) is 2.68. The predicted octanol–water partition coefficient (Wildman–Crippen LogP) is 2.71. The van der Waals surface area contributed by atoms with E-state index in [1.54, 1.807) is 0 Å². The number of rotatable bonds is 2. The van der Waals surface area contributed by atoms with Crippen molar-refractivity contribution in [3.8, 4) is 0 Å². The van der Waals surface area contributed by atoms with Gasteiger partial charge in [0.25, 0.3) is 0 Å². The number of benzene rings is 1. The highest BCUT2D eigenvalue weighted by atomic mass is 79.9. The van der Waals surface area contributed by atoms with Gasteiger partial charge in [0.1, 0.15) is 11.6 Å². The molecule has 0 unspecified atom stereocenters. The second-order valence-electron chi connectivity index (χ2n) is 3.49. The zero-order valence-electron chi connectivity index (χ0n) is 8.74. The Hall–Kier alpha value is -1.16. The standard InChI is InChI=1S/C11H12BrN3/c1-8-13-9(2)15(14-8)7-10-4-3-5-11(12)6-10/h3-6H,7H2,1-2H3. The minimum absolute atomic E-state index is 0.770. The fourth-order valence-electron chi connectivity index (χ4n) is 1.52. The summed E-state index contributed by atoms with van der Waals surface area (Å²) in [6, 6.07) is 8.22. The van der Waals surface area contributed by atoms with Gasteiger partial charge in [-0.25, -0.2) is 9.67 Å². The molecule has 0 spiro atoms. The van der Waals surface area contributed by atoms with Crippen LogP contribution in [0, 0.1) is 13.8 Å². The molecule has 0 saturated heterocycles. The second kappa shape index (κ2) is 4.14. The highest BCUT2D eigenvalue weighted by Crippen LogP contribution is 2.12. The maximum absolute atomic E-state index is 4.33. The lowest BCUT2D eigenvalue weighted by Crippen LogP contribution is -2.03. The molecule has 0 fully saturated rings. The van der Waals surface area contributed by atoms with Crippen LogP contribution in [0.4, 0.5) is 0 Å². The molecule has 0 aliphatic carbocycles. The summed E-state index contributed by atoms with van der Waals surface area (Å²) in [6.45, 7) is 4.65. The Morgan fingerprint density at radius 3 is 2.73 bits per heavy atom. The molecular formula is C11H12BrN3. The molecule has 78 valence electrons. The molecule has 0 aliphatic heterocycles. The van der Waals surface area contributed by atoms with Crippen LogP contribution >= 0.6 is 15.9 Å². The van der Waals surface area contributed by atoms with Crippen LogP contribution in [-0.2, 0) is 6.54 Å². The van der Waals surface area contributed by atoms with Gasteiger partial charge in [0, 0.05) is 4.47 Å². The first-order chi connectivity index (χ1) is 7.15. The monoisotopic (exact) mass is 265 g/mol. The van der Waals surface area contributed by atoms with Crippen molar-refractivity contribution in [3.63, 3.8) is 0 Å². The molecular weight excluding hydrogens is 254 g/mol. The van der Waals surface area contributed by atoms with Crippen LogP contribution < -0.4 is 0 Å². The first kappa shape index (κ1) is 10.4. The highest BCUT2D eigenvalue weighted by molar-refractivity contribution is 9.10. The number of aromatic nitrogens is 3. The van der Waals surface area contributed by atoms with Crippen molar-refractivity contribution in [1.82, 2.24) is 14.8 Å². The first-order valence-electron chi connectivity index (χ1n) is 4.77. The lowest BCUT2D eigenvalue weighted by atomic mass is 10.2. The number of hydrogen-bond acceptors (Lipinski definition) is 2. The average Bonchev–Trinajstić information content (AvgIpc) is 2.45. The molecule has 3 nitrogen and oxygen atoms in total. The molecule has 0 radical (unpaired) electrons. The summed E-state index contributed by atoms with van der Waals surface area (Å²) in [5.41, 5.74) is 1.22. The van der Waals surface area contributed by atoms with Crippen LogP contribution in [0.15, 0.2) is 28.7 Å². The van der Waals surface area contributed by atoms with Crippen molar-refractivity contribution < 1.29 is 0 Å². The van der Waals surface area contributed by atoms with Crippen molar-refractivity contribution in [2.45, 2.75) is 20.4 Å². The third kappa shape index (κ3) is 2.45. The molecule has 0 amide bonds. The van der Waals surface area contributed by atoms with Crippen LogP contribution in [0.2, 0.25) is 0 Å². The van der Waals surface area contributed by atoms with E-state index in [1.807, 2.05) is 30.7 Å². The van der Waals surface area contributed by atoms with E-state index < -0.39 is 0 Å². The molecule has 2 aromatic rings. The van der Waals surface area contributed by atoms with Gasteiger partial charge >= 0.3 is 0 Å². The molecule has 1 heterocycles. The fraction of sp³-hybridized carbons (Fsp3) is 0.273. The minimum atomic E-state index is 0.770.